The monoisotopic (exact) mass is 420 g/mol. The molecule has 0 saturated carbocycles. The van der Waals surface area contributed by atoms with Gasteiger partial charge in [0, 0.05) is 10.4 Å². The van der Waals surface area contributed by atoms with Crippen LogP contribution < -0.4 is 15.0 Å². The molecule has 0 aliphatic heterocycles. The van der Waals surface area contributed by atoms with Crippen LogP contribution >= 0.6 is 11.3 Å². The van der Waals surface area contributed by atoms with Crippen molar-refractivity contribution in [1.29, 1.82) is 0 Å². The fraction of sp³-hybridized carbons (Fsp3) is 0.250. The topological polar surface area (TPSA) is 53.4 Å². The number of hydrogen-bond acceptors (Lipinski definition) is 5. The molecule has 154 valence electrons. The molecule has 0 aliphatic rings. The average Bonchev–Trinajstić information content (AvgIpc) is 3.07. The summed E-state index contributed by atoms with van der Waals surface area (Å²) in [5, 5.41) is 0.666. The van der Waals surface area contributed by atoms with Gasteiger partial charge in [-0.05, 0) is 56.2 Å². The average molecular weight is 421 g/mol. The number of aromatic nitrogens is 2. The van der Waals surface area contributed by atoms with E-state index in [1.165, 1.54) is 0 Å². The summed E-state index contributed by atoms with van der Waals surface area (Å²) in [5.41, 5.74) is 3.04. The molecule has 0 spiro atoms. The molecule has 30 heavy (non-hydrogen) atoms. The summed E-state index contributed by atoms with van der Waals surface area (Å²) in [5.74, 6) is 1.63. The predicted molar refractivity (Wildman–Crippen MR) is 122 cm³/mol. The third kappa shape index (κ3) is 4.09. The largest absolute Gasteiger partial charge is 0.494 e. The van der Waals surface area contributed by atoms with Crippen LogP contribution in [0.4, 0.5) is 0 Å². The van der Waals surface area contributed by atoms with E-state index in [0.29, 0.717) is 25.1 Å². The van der Waals surface area contributed by atoms with E-state index in [4.69, 9.17) is 9.47 Å². The zero-order valence-corrected chi connectivity index (χ0v) is 18.2. The molecule has 0 N–H and O–H groups in total. The third-order valence-electron chi connectivity index (χ3n) is 4.90. The van der Waals surface area contributed by atoms with Gasteiger partial charge < -0.3 is 9.47 Å². The van der Waals surface area contributed by atoms with E-state index < -0.39 is 0 Å². The molecular weight excluding hydrogens is 396 g/mol. The zero-order chi connectivity index (χ0) is 21.1. The Balaban J connectivity index is 1.63. The minimum Gasteiger partial charge on any atom is -0.494 e. The highest BCUT2D eigenvalue weighted by Gasteiger charge is 2.17. The maximum Gasteiger partial charge on any atom is 0.262 e. The van der Waals surface area contributed by atoms with Crippen LogP contribution in [0.3, 0.4) is 0 Å². The second kappa shape index (κ2) is 8.71. The molecule has 0 fully saturated rings. The van der Waals surface area contributed by atoms with Crippen LogP contribution in [0.15, 0.2) is 59.7 Å². The van der Waals surface area contributed by atoms with Crippen LogP contribution in [0.5, 0.6) is 11.5 Å². The number of aryl methyl sites for hydroxylation is 2. The van der Waals surface area contributed by atoms with Crippen LogP contribution in [-0.2, 0) is 6.54 Å². The summed E-state index contributed by atoms with van der Waals surface area (Å²) in [7, 11) is 0. The second-order valence-electron chi connectivity index (χ2n) is 7.08. The molecule has 2 aromatic heterocycles. The summed E-state index contributed by atoms with van der Waals surface area (Å²) in [4.78, 5) is 19.6. The van der Waals surface area contributed by atoms with E-state index in [2.05, 4.69) is 4.98 Å². The number of benzene rings is 2. The van der Waals surface area contributed by atoms with Gasteiger partial charge in [-0.1, -0.05) is 24.3 Å². The number of thiophene rings is 1. The number of rotatable bonds is 7. The molecule has 0 atom stereocenters. The third-order valence-corrected chi connectivity index (χ3v) is 5.91. The zero-order valence-electron chi connectivity index (χ0n) is 17.3. The molecule has 4 rings (SSSR count). The van der Waals surface area contributed by atoms with E-state index in [0.717, 1.165) is 37.9 Å². The van der Waals surface area contributed by atoms with Crippen LogP contribution in [0.25, 0.3) is 21.3 Å². The van der Waals surface area contributed by atoms with E-state index >= 15 is 0 Å². The Labute approximate surface area is 179 Å². The number of fused-ring (bicyclic) bond motifs is 1. The van der Waals surface area contributed by atoms with E-state index in [-0.39, 0.29) is 5.56 Å². The van der Waals surface area contributed by atoms with Crippen molar-refractivity contribution in [3.05, 3.63) is 75.7 Å². The fourth-order valence-corrected chi connectivity index (χ4v) is 4.50. The first kappa shape index (κ1) is 20.2. The molecular formula is C24H24N2O3S. The molecule has 0 bridgehead atoms. The second-order valence-corrected chi connectivity index (χ2v) is 8.28. The highest BCUT2D eigenvalue weighted by molar-refractivity contribution is 7.19. The Morgan fingerprint density at radius 2 is 1.83 bits per heavy atom. The lowest BCUT2D eigenvalue weighted by Gasteiger charge is -2.09. The molecule has 0 radical (unpaired) electrons. The van der Waals surface area contributed by atoms with Crippen LogP contribution in [0.1, 0.15) is 17.4 Å². The molecule has 6 heteroatoms. The lowest BCUT2D eigenvalue weighted by atomic mass is 10.0. The van der Waals surface area contributed by atoms with Crippen molar-refractivity contribution in [2.75, 3.05) is 13.2 Å². The molecule has 0 amide bonds. The van der Waals surface area contributed by atoms with Gasteiger partial charge in [0.1, 0.15) is 22.9 Å². The molecule has 4 aromatic rings. The summed E-state index contributed by atoms with van der Waals surface area (Å²) in [6.07, 6.45) is 1.61. The van der Waals surface area contributed by atoms with Crippen LogP contribution in [-0.4, -0.2) is 22.8 Å². The van der Waals surface area contributed by atoms with Crippen molar-refractivity contribution in [2.45, 2.75) is 27.3 Å². The summed E-state index contributed by atoms with van der Waals surface area (Å²) >= 11 is 1.55. The van der Waals surface area contributed by atoms with Gasteiger partial charge in [-0.25, -0.2) is 4.98 Å². The standard InChI is InChI=1S/C24H24N2O3S/c1-4-28-19-10-8-18(9-11-19)21-17(3)30-23-22(21)24(27)26(15-25-23)12-13-29-20-7-5-6-16(2)14-20/h5-11,14-15H,4,12-13H2,1-3H3. The first-order valence-electron chi connectivity index (χ1n) is 9.98. The normalized spacial score (nSPS) is 11.0. The summed E-state index contributed by atoms with van der Waals surface area (Å²) in [6, 6.07) is 15.8. The Kier molecular flexibility index (Phi) is 5.86. The highest BCUT2D eigenvalue weighted by Crippen LogP contribution is 2.36. The smallest absolute Gasteiger partial charge is 0.262 e. The fourth-order valence-electron chi connectivity index (χ4n) is 3.50. The van der Waals surface area contributed by atoms with Crippen LogP contribution in [0, 0.1) is 13.8 Å². The minimum absolute atomic E-state index is 0.0407. The van der Waals surface area contributed by atoms with Gasteiger partial charge in [0.05, 0.1) is 24.9 Å². The van der Waals surface area contributed by atoms with Crippen molar-refractivity contribution in [3.8, 4) is 22.6 Å². The quantitative estimate of drug-likeness (QED) is 0.411. The van der Waals surface area contributed by atoms with Crippen LogP contribution in [0.2, 0.25) is 0 Å². The number of nitrogens with zero attached hydrogens (tertiary/aromatic N) is 2. The maximum atomic E-state index is 13.3. The van der Waals surface area contributed by atoms with Crippen molar-refractivity contribution < 1.29 is 9.47 Å². The van der Waals surface area contributed by atoms with Gasteiger partial charge in [-0.15, -0.1) is 11.3 Å². The van der Waals surface area contributed by atoms with Gasteiger partial charge in [0.2, 0.25) is 0 Å². The van der Waals surface area contributed by atoms with E-state index in [9.17, 15) is 4.79 Å². The predicted octanol–water partition coefficient (Wildman–Crippen LogP) is 5.22. The molecule has 2 heterocycles. The lowest BCUT2D eigenvalue weighted by Crippen LogP contribution is -2.23. The van der Waals surface area contributed by atoms with Gasteiger partial charge >= 0.3 is 0 Å². The van der Waals surface area contributed by atoms with Crippen molar-refractivity contribution in [2.24, 2.45) is 0 Å². The van der Waals surface area contributed by atoms with Crippen molar-refractivity contribution in [3.63, 3.8) is 0 Å². The summed E-state index contributed by atoms with van der Waals surface area (Å²) in [6.45, 7) is 7.48. The van der Waals surface area contributed by atoms with Crippen molar-refractivity contribution in [1.82, 2.24) is 9.55 Å². The molecule has 0 unspecified atom stereocenters. The molecule has 5 nitrogen and oxygen atoms in total. The molecule has 2 aromatic carbocycles. The SMILES string of the molecule is CCOc1ccc(-c2c(C)sc3ncn(CCOc4cccc(C)c4)c(=O)c23)cc1. The first-order chi connectivity index (χ1) is 14.6. The Morgan fingerprint density at radius 1 is 1.03 bits per heavy atom. The van der Waals surface area contributed by atoms with E-state index in [1.807, 2.05) is 69.3 Å². The highest BCUT2D eigenvalue weighted by atomic mass is 32.1. The van der Waals surface area contributed by atoms with Gasteiger partial charge in [0.15, 0.2) is 0 Å². The Morgan fingerprint density at radius 3 is 2.57 bits per heavy atom. The lowest BCUT2D eigenvalue weighted by molar-refractivity contribution is 0.296. The molecule has 0 saturated heterocycles. The number of hydrogen-bond donors (Lipinski definition) is 0. The molecule has 0 aliphatic carbocycles. The van der Waals surface area contributed by atoms with Crippen molar-refractivity contribution >= 4 is 21.6 Å². The first-order valence-corrected chi connectivity index (χ1v) is 10.8. The Hall–Kier alpha value is -3.12. The minimum atomic E-state index is -0.0407. The number of ether oxygens (including phenoxy) is 2. The van der Waals surface area contributed by atoms with E-state index in [1.54, 1.807) is 22.2 Å². The summed E-state index contributed by atoms with van der Waals surface area (Å²) < 4.78 is 13.0. The maximum absolute atomic E-state index is 13.3. The van der Waals surface area contributed by atoms with Gasteiger partial charge in [-0.3, -0.25) is 9.36 Å². The Bertz CT molecular complexity index is 1230. The van der Waals surface area contributed by atoms with Gasteiger partial charge in [-0.2, -0.15) is 0 Å². The van der Waals surface area contributed by atoms with Gasteiger partial charge in [0.25, 0.3) is 5.56 Å².